The predicted molar refractivity (Wildman–Crippen MR) is 75.2 cm³/mol. The Kier molecular flexibility index (Phi) is 6.99. The molecule has 19 heavy (non-hydrogen) atoms. The minimum absolute atomic E-state index is 0. The number of hydrogen-bond donors (Lipinski definition) is 3. The van der Waals surface area contributed by atoms with Crippen molar-refractivity contribution in [3.05, 3.63) is 29.8 Å². The first-order chi connectivity index (χ1) is 8.29. The lowest BCUT2D eigenvalue weighted by molar-refractivity contribution is -0.121. The fourth-order valence-corrected chi connectivity index (χ4v) is 1.88. The maximum atomic E-state index is 11.3. The lowest BCUT2D eigenvalue weighted by atomic mass is 10.2. The van der Waals surface area contributed by atoms with Gasteiger partial charge in [-0.15, -0.1) is 12.4 Å². The average molecular weight is 308 g/mol. The summed E-state index contributed by atoms with van der Waals surface area (Å²) in [5.74, 6) is -0.138. The zero-order valence-electron chi connectivity index (χ0n) is 10.5. The van der Waals surface area contributed by atoms with E-state index in [9.17, 15) is 13.2 Å². The van der Waals surface area contributed by atoms with Crippen LogP contribution in [0.4, 0.5) is 0 Å². The number of nitrogens with one attached hydrogen (secondary N) is 1. The fraction of sp³-hybridized carbons (Fsp3) is 0.364. The van der Waals surface area contributed by atoms with Crippen molar-refractivity contribution in [2.45, 2.75) is 30.8 Å². The number of nitrogens with two attached hydrogens (primary N) is 2. The van der Waals surface area contributed by atoms with Crippen LogP contribution in [0.15, 0.2) is 29.2 Å². The van der Waals surface area contributed by atoms with Crippen molar-refractivity contribution in [1.82, 2.24) is 5.32 Å². The molecule has 5 N–H and O–H groups in total. The lowest BCUT2D eigenvalue weighted by Gasteiger charge is -2.07. The van der Waals surface area contributed by atoms with Crippen molar-refractivity contribution in [3.63, 3.8) is 0 Å². The molecule has 0 aliphatic rings. The van der Waals surface area contributed by atoms with Gasteiger partial charge in [-0.05, 0) is 24.6 Å². The number of carbonyl (C=O) groups is 1. The molecule has 1 aromatic rings. The maximum absolute atomic E-state index is 11.3. The minimum Gasteiger partial charge on any atom is -0.352 e. The van der Waals surface area contributed by atoms with Crippen molar-refractivity contribution in [3.8, 4) is 0 Å². The molecule has 0 spiro atoms. The molecule has 0 bridgehead atoms. The molecule has 0 saturated heterocycles. The van der Waals surface area contributed by atoms with Crippen LogP contribution >= 0.6 is 12.4 Å². The second-order valence-electron chi connectivity index (χ2n) is 4.15. The number of carbonyl (C=O) groups excluding carboxylic acids is 1. The third-order valence-electron chi connectivity index (χ3n) is 2.25. The second kappa shape index (κ2) is 7.44. The third kappa shape index (κ3) is 6.53. The number of primary sulfonamides is 1. The smallest absolute Gasteiger partial charge is 0.238 e. The Bertz CT molecular complexity index is 514. The summed E-state index contributed by atoms with van der Waals surface area (Å²) >= 11 is 0. The van der Waals surface area contributed by atoms with Gasteiger partial charge in [-0.1, -0.05) is 12.1 Å². The molecule has 6 nitrogen and oxygen atoms in total. The monoisotopic (exact) mass is 307 g/mol. The van der Waals surface area contributed by atoms with Gasteiger partial charge >= 0.3 is 0 Å². The molecule has 1 amide bonds. The van der Waals surface area contributed by atoms with Crippen LogP contribution in [0.1, 0.15) is 18.9 Å². The minimum atomic E-state index is -3.67. The molecule has 0 aliphatic heterocycles. The number of rotatable bonds is 5. The lowest BCUT2D eigenvalue weighted by Crippen LogP contribution is -2.29. The first kappa shape index (κ1) is 17.8. The first-order valence-corrected chi connectivity index (χ1v) is 6.97. The van der Waals surface area contributed by atoms with Gasteiger partial charge in [0.2, 0.25) is 15.9 Å². The van der Waals surface area contributed by atoms with Gasteiger partial charge in [0, 0.05) is 19.0 Å². The highest BCUT2D eigenvalue weighted by Crippen LogP contribution is 2.08. The van der Waals surface area contributed by atoms with Gasteiger partial charge in [0.1, 0.15) is 0 Å². The number of sulfonamides is 1. The maximum Gasteiger partial charge on any atom is 0.238 e. The summed E-state index contributed by atoms with van der Waals surface area (Å²) in [5, 5.41) is 7.66. The molecule has 108 valence electrons. The normalized spacial score (nSPS) is 12.4. The SMILES string of the molecule is CC(N)CC(=O)NCc1ccc(S(N)(=O)=O)cc1.Cl. The molecule has 1 rings (SSSR count). The molecular weight excluding hydrogens is 290 g/mol. The summed E-state index contributed by atoms with van der Waals surface area (Å²) in [6.45, 7) is 2.08. The number of halogens is 1. The fourth-order valence-electron chi connectivity index (χ4n) is 1.36. The molecule has 1 unspecified atom stereocenters. The van der Waals surface area contributed by atoms with E-state index < -0.39 is 10.0 Å². The average Bonchev–Trinajstić information content (AvgIpc) is 2.25. The Balaban J connectivity index is 0.00000324. The Hall–Kier alpha value is -1.15. The Morgan fingerprint density at radius 1 is 1.32 bits per heavy atom. The van der Waals surface area contributed by atoms with Gasteiger partial charge < -0.3 is 11.1 Å². The molecule has 0 fully saturated rings. The van der Waals surface area contributed by atoms with Crippen LogP contribution in [0.3, 0.4) is 0 Å². The number of hydrogen-bond acceptors (Lipinski definition) is 4. The zero-order chi connectivity index (χ0) is 13.8. The third-order valence-corrected chi connectivity index (χ3v) is 3.18. The van der Waals surface area contributed by atoms with Crippen LogP contribution in [0.2, 0.25) is 0 Å². The molecular formula is C11H18ClN3O3S. The Morgan fingerprint density at radius 3 is 2.26 bits per heavy atom. The Labute approximate surface area is 119 Å². The molecule has 0 heterocycles. The van der Waals surface area contributed by atoms with Crippen LogP contribution in [-0.4, -0.2) is 20.4 Å². The van der Waals surface area contributed by atoms with E-state index in [2.05, 4.69) is 5.32 Å². The summed E-state index contributed by atoms with van der Waals surface area (Å²) in [5.41, 5.74) is 6.28. The molecule has 8 heteroatoms. The highest BCUT2D eigenvalue weighted by molar-refractivity contribution is 7.89. The van der Waals surface area contributed by atoms with Crippen LogP contribution < -0.4 is 16.2 Å². The van der Waals surface area contributed by atoms with Crippen molar-refractivity contribution < 1.29 is 13.2 Å². The molecule has 1 aromatic carbocycles. The van der Waals surface area contributed by atoms with Crippen molar-refractivity contribution in [2.75, 3.05) is 0 Å². The van der Waals surface area contributed by atoms with Crippen molar-refractivity contribution in [1.29, 1.82) is 0 Å². The van der Waals surface area contributed by atoms with Crippen LogP contribution in [0.25, 0.3) is 0 Å². The van der Waals surface area contributed by atoms with Gasteiger partial charge in [0.25, 0.3) is 0 Å². The van der Waals surface area contributed by atoms with E-state index in [4.69, 9.17) is 10.9 Å². The highest BCUT2D eigenvalue weighted by atomic mass is 35.5. The van der Waals surface area contributed by atoms with Crippen molar-refractivity contribution >= 4 is 28.3 Å². The molecule has 0 saturated carbocycles. The summed E-state index contributed by atoms with van der Waals surface area (Å²) in [6.07, 6.45) is 0.259. The largest absolute Gasteiger partial charge is 0.352 e. The van der Waals surface area contributed by atoms with Gasteiger partial charge in [-0.25, -0.2) is 13.6 Å². The van der Waals surface area contributed by atoms with E-state index in [1.54, 1.807) is 19.1 Å². The summed E-state index contributed by atoms with van der Waals surface area (Å²) < 4.78 is 22.1. The highest BCUT2D eigenvalue weighted by Gasteiger charge is 2.07. The van der Waals surface area contributed by atoms with Crippen molar-refractivity contribution in [2.24, 2.45) is 10.9 Å². The molecule has 1 atom stereocenters. The standard InChI is InChI=1S/C11H17N3O3S.ClH/c1-8(12)6-11(15)14-7-9-2-4-10(5-3-9)18(13,16)17;/h2-5,8H,6-7,12H2,1H3,(H,14,15)(H2,13,16,17);1H. The van der Waals surface area contributed by atoms with Gasteiger partial charge in [-0.2, -0.15) is 0 Å². The van der Waals surface area contributed by atoms with Gasteiger partial charge in [0.15, 0.2) is 0 Å². The summed E-state index contributed by atoms with van der Waals surface area (Å²) in [7, 11) is -3.67. The zero-order valence-corrected chi connectivity index (χ0v) is 12.1. The molecule has 0 radical (unpaired) electrons. The summed E-state index contributed by atoms with van der Waals surface area (Å²) in [4.78, 5) is 11.4. The van der Waals surface area contributed by atoms with Crippen LogP contribution in [0.5, 0.6) is 0 Å². The first-order valence-electron chi connectivity index (χ1n) is 5.43. The van der Waals surface area contributed by atoms with E-state index in [0.717, 1.165) is 5.56 Å². The van der Waals surface area contributed by atoms with E-state index in [1.165, 1.54) is 12.1 Å². The number of benzene rings is 1. The Morgan fingerprint density at radius 2 is 1.84 bits per heavy atom. The summed E-state index contributed by atoms with van der Waals surface area (Å²) in [6, 6.07) is 5.83. The van der Waals surface area contributed by atoms with Crippen LogP contribution in [-0.2, 0) is 21.4 Å². The molecule has 0 aliphatic carbocycles. The van der Waals surface area contributed by atoms with Gasteiger partial charge in [0.05, 0.1) is 4.90 Å². The topological polar surface area (TPSA) is 115 Å². The van der Waals surface area contributed by atoms with Crippen LogP contribution in [0, 0.1) is 0 Å². The van der Waals surface area contributed by atoms with E-state index in [0.29, 0.717) is 6.54 Å². The quantitative estimate of drug-likeness (QED) is 0.716. The predicted octanol–water partition coefficient (Wildman–Crippen LogP) is 0.109. The second-order valence-corrected chi connectivity index (χ2v) is 5.71. The number of amides is 1. The van der Waals surface area contributed by atoms with E-state index in [1.807, 2.05) is 0 Å². The van der Waals surface area contributed by atoms with Gasteiger partial charge in [-0.3, -0.25) is 4.79 Å². The van der Waals surface area contributed by atoms with E-state index >= 15 is 0 Å². The molecule has 0 aromatic heterocycles. The van der Waals surface area contributed by atoms with E-state index in [-0.39, 0.29) is 35.7 Å².